The molecule has 2 aromatic rings. The van der Waals surface area contributed by atoms with Crippen LogP contribution in [0.1, 0.15) is 72.0 Å². The van der Waals surface area contributed by atoms with Gasteiger partial charge in [0.1, 0.15) is 5.75 Å². The molecule has 0 aliphatic heterocycles. The van der Waals surface area contributed by atoms with Gasteiger partial charge in [0.25, 0.3) is 0 Å². The monoisotopic (exact) mass is 432 g/mol. The van der Waals surface area contributed by atoms with Crippen molar-refractivity contribution in [3.05, 3.63) is 64.7 Å². The number of rotatable bonds is 4. The molecule has 0 saturated heterocycles. The van der Waals surface area contributed by atoms with Gasteiger partial charge in [-0.25, -0.2) is 0 Å². The number of allylic oxidation sites excluding steroid dienone is 1. The Labute approximate surface area is 190 Å². The van der Waals surface area contributed by atoms with E-state index in [1.807, 2.05) is 12.1 Å². The molecular formula is C28H32O4. The van der Waals surface area contributed by atoms with Crippen LogP contribution in [0, 0.1) is 17.3 Å². The highest BCUT2D eigenvalue weighted by atomic mass is 16.5. The standard InChI is InChI=1S/C28H32O4/c1-16-5-9-23-20-8-6-17-13-24(29)22(15-21(17)19(20)11-12-28(16,23)2)27(30)18-7-10-25(31-3)26(14-18)32-4/h7,10,13-15,19-20,23,29H,1,5-6,8-9,11-12H2,2-4H3/t19-,20+,23-,28+/m0/s1. The lowest BCUT2D eigenvalue weighted by molar-refractivity contribution is 0.0815. The summed E-state index contributed by atoms with van der Waals surface area (Å²) in [5.74, 6) is 2.73. The quantitative estimate of drug-likeness (QED) is 0.472. The Hall–Kier alpha value is -2.75. The SMILES string of the molecule is C=C1CC[C@H]2[C@@H]3CCc4cc(O)c(C(=O)c5ccc(OC)c(OC)c5)cc4[C@H]3CC[C@]12C. The van der Waals surface area contributed by atoms with Crippen LogP contribution in [0.4, 0.5) is 0 Å². The van der Waals surface area contributed by atoms with Crippen molar-refractivity contribution < 1.29 is 19.4 Å². The molecule has 4 atom stereocenters. The molecule has 0 amide bonds. The van der Waals surface area contributed by atoms with Gasteiger partial charge in [0.15, 0.2) is 17.3 Å². The highest BCUT2D eigenvalue weighted by Gasteiger charge is 2.52. The van der Waals surface area contributed by atoms with Gasteiger partial charge < -0.3 is 14.6 Å². The van der Waals surface area contributed by atoms with Gasteiger partial charge in [0, 0.05) is 5.56 Å². The molecule has 3 aliphatic rings. The van der Waals surface area contributed by atoms with Gasteiger partial charge in [-0.2, -0.15) is 0 Å². The zero-order chi connectivity index (χ0) is 22.6. The van der Waals surface area contributed by atoms with Gasteiger partial charge in [-0.3, -0.25) is 4.79 Å². The molecule has 0 radical (unpaired) electrons. The summed E-state index contributed by atoms with van der Waals surface area (Å²) in [4.78, 5) is 13.4. The molecule has 1 N–H and O–H groups in total. The van der Waals surface area contributed by atoms with E-state index >= 15 is 0 Å². The van der Waals surface area contributed by atoms with E-state index in [2.05, 4.69) is 13.5 Å². The van der Waals surface area contributed by atoms with E-state index in [1.165, 1.54) is 23.1 Å². The second kappa shape index (κ2) is 7.68. The van der Waals surface area contributed by atoms with Gasteiger partial charge in [-0.15, -0.1) is 0 Å². The first-order valence-electron chi connectivity index (χ1n) is 11.7. The number of carbonyl (C=O) groups excluding carboxylic acids is 1. The summed E-state index contributed by atoms with van der Waals surface area (Å²) < 4.78 is 10.7. The predicted octanol–water partition coefficient (Wildman–Crippen LogP) is 6.05. The van der Waals surface area contributed by atoms with E-state index in [9.17, 15) is 9.90 Å². The maximum absolute atomic E-state index is 13.4. The Bertz CT molecular complexity index is 1100. The lowest BCUT2D eigenvalue weighted by Gasteiger charge is -2.49. The van der Waals surface area contributed by atoms with Crippen LogP contribution in [0.5, 0.6) is 17.2 Å². The van der Waals surface area contributed by atoms with Crippen LogP contribution in [0.2, 0.25) is 0 Å². The first kappa shape index (κ1) is 21.1. The fraction of sp³-hybridized carbons (Fsp3) is 0.464. The summed E-state index contributed by atoms with van der Waals surface area (Å²) in [6.45, 7) is 6.82. The maximum Gasteiger partial charge on any atom is 0.196 e. The van der Waals surface area contributed by atoms with Gasteiger partial charge in [-0.05, 0) is 103 Å². The first-order valence-corrected chi connectivity index (χ1v) is 11.7. The van der Waals surface area contributed by atoms with Crippen molar-refractivity contribution in [2.75, 3.05) is 14.2 Å². The van der Waals surface area contributed by atoms with E-state index in [-0.39, 0.29) is 16.9 Å². The number of carbonyl (C=O) groups is 1. The summed E-state index contributed by atoms with van der Waals surface area (Å²) >= 11 is 0. The van der Waals surface area contributed by atoms with Crippen LogP contribution < -0.4 is 9.47 Å². The Morgan fingerprint density at radius 3 is 2.59 bits per heavy atom. The zero-order valence-electron chi connectivity index (χ0n) is 19.2. The minimum Gasteiger partial charge on any atom is -0.507 e. The average molecular weight is 433 g/mol. The number of phenolic OH excluding ortho intramolecular Hbond substituents is 1. The van der Waals surface area contributed by atoms with Crippen LogP contribution in [0.3, 0.4) is 0 Å². The number of hydrogen-bond donors (Lipinski definition) is 1. The fourth-order valence-corrected chi connectivity index (χ4v) is 6.83. The molecule has 5 rings (SSSR count). The minimum atomic E-state index is -0.191. The smallest absolute Gasteiger partial charge is 0.196 e. The van der Waals surface area contributed by atoms with Crippen molar-refractivity contribution in [1.82, 2.24) is 0 Å². The van der Waals surface area contributed by atoms with Crippen molar-refractivity contribution in [1.29, 1.82) is 0 Å². The summed E-state index contributed by atoms with van der Waals surface area (Å²) in [5.41, 5.74) is 5.03. The van der Waals surface area contributed by atoms with Crippen LogP contribution in [-0.4, -0.2) is 25.1 Å². The Balaban J connectivity index is 1.51. The normalized spacial score (nSPS) is 28.5. The van der Waals surface area contributed by atoms with Crippen molar-refractivity contribution in [3.8, 4) is 17.2 Å². The first-order chi connectivity index (χ1) is 15.4. The molecule has 4 heteroatoms. The molecule has 2 fully saturated rings. The van der Waals surface area contributed by atoms with Gasteiger partial charge in [-0.1, -0.05) is 19.1 Å². The van der Waals surface area contributed by atoms with E-state index in [0.717, 1.165) is 32.1 Å². The Kier molecular flexibility index (Phi) is 5.07. The van der Waals surface area contributed by atoms with Crippen LogP contribution in [0.25, 0.3) is 0 Å². The molecule has 2 aromatic carbocycles. The molecule has 3 aliphatic carbocycles. The molecular weight excluding hydrogens is 400 g/mol. The molecule has 168 valence electrons. The van der Waals surface area contributed by atoms with Gasteiger partial charge >= 0.3 is 0 Å². The fourth-order valence-electron chi connectivity index (χ4n) is 6.83. The number of aromatic hydroxyl groups is 1. The summed E-state index contributed by atoms with van der Waals surface area (Å²) in [6.07, 6.45) is 6.80. The summed E-state index contributed by atoms with van der Waals surface area (Å²) in [5, 5.41) is 10.8. The van der Waals surface area contributed by atoms with Crippen molar-refractivity contribution in [2.45, 2.75) is 51.4 Å². The van der Waals surface area contributed by atoms with Gasteiger partial charge in [0.2, 0.25) is 0 Å². The third kappa shape index (κ3) is 3.07. The maximum atomic E-state index is 13.4. The van der Waals surface area contributed by atoms with E-state index < -0.39 is 0 Å². The number of hydrogen-bond acceptors (Lipinski definition) is 4. The van der Waals surface area contributed by atoms with Crippen molar-refractivity contribution >= 4 is 5.78 Å². The lowest BCUT2D eigenvalue weighted by atomic mass is 9.55. The second-order valence-electron chi connectivity index (χ2n) is 9.98. The number of fused-ring (bicyclic) bond motifs is 5. The number of ether oxygens (including phenoxy) is 2. The zero-order valence-corrected chi connectivity index (χ0v) is 19.2. The van der Waals surface area contributed by atoms with Crippen LogP contribution in [0.15, 0.2) is 42.5 Å². The number of methoxy groups -OCH3 is 2. The van der Waals surface area contributed by atoms with Crippen LogP contribution >= 0.6 is 0 Å². The average Bonchev–Trinajstić information content (AvgIpc) is 3.11. The molecule has 4 nitrogen and oxygen atoms in total. The van der Waals surface area contributed by atoms with E-state index in [0.29, 0.717) is 40.4 Å². The number of aryl methyl sites for hydroxylation is 1. The van der Waals surface area contributed by atoms with Gasteiger partial charge in [0.05, 0.1) is 19.8 Å². The summed E-state index contributed by atoms with van der Waals surface area (Å²) in [7, 11) is 3.12. The highest BCUT2D eigenvalue weighted by Crippen LogP contribution is 2.62. The Morgan fingerprint density at radius 1 is 1.06 bits per heavy atom. The van der Waals surface area contributed by atoms with Crippen LogP contribution in [-0.2, 0) is 6.42 Å². The molecule has 0 bridgehead atoms. The van der Waals surface area contributed by atoms with E-state index in [1.54, 1.807) is 32.4 Å². The minimum absolute atomic E-state index is 0.0666. The van der Waals surface area contributed by atoms with E-state index in [4.69, 9.17) is 9.47 Å². The molecule has 0 unspecified atom stereocenters. The third-order valence-electron chi connectivity index (χ3n) is 8.69. The third-order valence-corrected chi connectivity index (χ3v) is 8.69. The van der Waals surface area contributed by atoms with Crippen molar-refractivity contribution in [3.63, 3.8) is 0 Å². The number of phenols is 1. The molecule has 2 saturated carbocycles. The topological polar surface area (TPSA) is 55.8 Å². The molecule has 32 heavy (non-hydrogen) atoms. The second-order valence-corrected chi connectivity index (χ2v) is 9.98. The highest BCUT2D eigenvalue weighted by molar-refractivity contribution is 6.11. The molecule has 0 heterocycles. The summed E-state index contributed by atoms with van der Waals surface area (Å²) in [6, 6.07) is 8.95. The lowest BCUT2D eigenvalue weighted by Crippen LogP contribution is -2.40. The predicted molar refractivity (Wildman–Crippen MR) is 125 cm³/mol. The largest absolute Gasteiger partial charge is 0.507 e. The molecule has 0 aromatic heterocycles. The Morgan fingerprint density at radius 2 is 1.84 bits per heavy atom. The number of benzene rings is 2. The van der Waals surface area contributed by atoms with Crippen molar-refractivity contribution in [2.24, 2.45) is 17.3 Å². The number of ketones is 1. The molecule has 0 spiro atoms.